The van der Waals surface area contributed by atoms with Gasteiger partial charge in [0, 0.05) is 13.3 Å². The lowest BCUT2D eigenvalue weighted by atomic mass is 10.0. The summed E-state index contributed by atoms with van der Waals surface area (Å²) in [4.78, 5) is 48.3. The van der Waals surface area contributed by atoms with Gasteiger partial charge in [-0.1, -0.05) is 30.3 Å². The maximum Gasteiger partial charge on any atom is 0.328 e. The molecule has 1 aromatic carbocycles. The Labute approximate surface area is 165 Å². The number of ether oxygens (including phenoxy) is 2. The molecule has 1 rings (SSSR count). The van der Waals surface area contributed by atoms with Crippen molar-refractivity contribution in [2.45, 2.75) is 58.2 Å². The van der Waals surface area contributed by atoms with Gasteiger partial charge >= 0.3 is 11.9 Å². The molecule has 2 atom stereocenters. The number of hydrogen-bond donors (Lipinski definition) is 2. The third-order valence-corrected chi connectivity index (χ3v) is 3.57. The first-order chi connectivity index (χ1) is 13.0. The van der Waals surface area contributed by atoms with E-state index >= 15 is 0 Å². The fourth-order valence-electron chi connectivity index (χ4n) is 2.46. The summed E-state index contributed by atoms with van der Waals surface area (Å²) in [5, 5.41) is 5.04. The Bertz CT molecular complexity index is 696. The number of methoxy groups -OCH3 is 1. The first-order valence-corrected chi connectivity index (χ1v) is 8.93. The molecule has 0 bridgehead atoms. The zero-order valence-electron chi connectivity index (χ0n) is 16.9. The lowest BCUT2D eigenvalue weighted by Gasteiger charge is -2.24. The monoisotopic (exact) mass is 392 g/mol. The molecule has 0 radical (unpaired) electrons. The molecule has 0 unspecified atom stereocenters. The molecular weight excluding hydrogens is 364 g/mol. The van der Waals surface area contributed by atoms with Gasteiger partial charge < -0.3 is 20.1 Å². The molecule has 0 saturated carbocycles. The van der Waals surface area contributed by atoms with Gasteiger partial charge in [-0.05, 0) is 26.3 Å². The molecule has 1 aromatic rings. The Morgan fingerprint density at radius 2 is 1.61 bits per heavy atom. The van der Waals surface area contributed by atoms with Crippen LogP contribution in [-0.4, -0.2) is 48.5 Å². The van der Waals surface area contributed by atoms with Gasteiger partial charge in [-0.2, -0.15) is 0 Å². The van der Waals surface area contributed by atoms with Crippen LogP contribution in [0.1, 0.15) is 39.7 Å². The second-order valence-corrected chi connectivity index (χ2v) is 7.32. The van der Waals surface area contributed by atoms with E-state index in [9.17, 15) is 19.2 Å². The molecule has 0 heterocycles. The minimum absolute atomic E-state index is 0.229. The average Bonchev–Trinajstić information content (AvgIpc) is 2.58. The predicted octanol–water partition coefficient (Wildman–Crippen LogP) is 1.12. The van der Waals surface area contributed by atoms with E-state index in [1.54, 1.807) is 20.8 Å². The van der Waals surface area contributed by atoms with E-state index in [-0.39, 0.29) is 12.8 Å². The van der Waals surface area contributed by atoms with Crippen molar-refractivity contribution in [1.29, 1.82) is 0 Å². The zero-order valence-corrected chi connectivity index (χ0v) is 16.9. The van der Waals surface area contributed by atoms with Crippen LogP contribution in [0.2, 0.25) is 0 Å². The van der Waals surface area contributed by atoms with Crippen LogP contribution < -0.4 is 10.6 Å². The highest BCUT2D eigenvalue weighted by Gasteiger charge is 2.30. The molecule has 0 aliphatic rings. The van der Waals surface area contributed by atoms with Crippen LogP contribution in [0.5, 0.6) is 0 Å². The maximum atomic E-state index is 12.7. The topological polar surface area (TPSA) is 111 Å². The van der Waals surface area contributed by atoms with Crippen molar-refractivity contribution in [3.8, 4) is 0 Å². The van der Waals surface area contributed by atoms with E-state index in [1.807, 2.05) is 30.3 Å². The van der Waals surface area contributed by atoms with Gasteiger partial charge in [0.2, 0.25) is 11.8 Å². The Hall–Kier alpha value is -2.90. The zero-order chi connectivity index (χ0) is 21.3. The number of rotatable bonds is 8. The normalized spacial score (nSPS) is 13.0. The molecule has 154 valence electrons. The number of hydrogen-bond acceptors (Lipinski definition) is 6. The molecular formula is C20H28N2O6. The molecule has 8 heteroatoms. The van der Waals surface area contributed by atoms with Crippen molar-refractivity contribution < 1.29 is 28.7 Å². The van der Waals surface area contributed by atoms with Gasteiger partial charge in [-0.15, -0.1) is 0 Å². The lowest BCUT2D eigenvalue weighted by Crippen LogP contribution is -2.53. The van der Waals surface area contributed by atoms with Crippen molar-refractivity contribution in [3.63, 3.8) is 0 Å². The van der Waals surface area contributed by atoms with Crippen LogP contribution in [0, 0.1) is 0 Å². The summed E-state index contributed by atoms with van der Waals surface area (Å²) < 4.78 is 9.87. The Balaban J connectivity index is 2.90. The van der Waals surface area contributed by atoms with E-state index in [0.29, 0.717) is 0 Å². The highest BCUT2D eigenvalue weighted by atomic mass is 16.6. The van der Waals surface area contributed by atoms with E-state index < -0.39 is 41.4 Å². The van der Waals surface area contributed by atoms with Crippen LogP contribution in [0.25, 0.3) is 0 Å². The summed E-state index contributed by atoms with van der Waals surface area (Å²) in [6.07, 6.45) is -0.152. The van der Waals surface area contributed by atoms with Crippen LogP contribution in [0.3, 0.4) is 0 Å². The van der Waals surface area contributed by atoms with Crippen molar-refractivity contribution in [2.75, 3.05) is 7.11 Å². The highest BCUT2D eigenvalue weighted by molar-refractivity contribution is 5.92. The van der Waals surface area contributed by atoms with Crippen LogP contribution in [-0.2, 0) is 35.1 Å². The van der Waals surface area contributed by atoms with E-state index in [0.717, 1.165) is 12.7 Å². The van der Waals surface area contributed by atoms with Crippen molar-refractivity contribution in [3.05, 3.63) is 35.9 Å². The van der Waals surface area contributed by atoms with Crippen molar-refractivity contribution in [2.24, 2.45) is 0 Å². The first kappa shape index (κ1) is 23.1. The van der Waals surface area contributed by atoms with Gasteiger partial charge in [-0.25, -0.2) is 4.79 Å². The molecule has 0 aliphatic carbocycles. The summed E-state index contributed by atoms with van der Waals surface area (Å²) in [5.74, 6) is -2.42. The summed E-state index contributed by atoms with van der Waals surface area (Å²) in [6.45, 7) is 6.39. The summed E-state index contributed by atoms with van der Waals surface area (Å²) in [7, 11) is 1.16. The van der Waals surface area contributed by atoms with Gasteiger partial charge in [0.15, 0.2) is 0 Å². The predicted molar refractivity (Wildman–Crippen MR) is 102 cm³/mol. The second kappa shape index (κ2) is 10.4. The van der Waals surface area contributed by atoms with Gasteiger partial charge in [0.05, 0.1) is 13.5 Å². The van der Waals surface area contributed by atoms with Crippen LogP contribution >= 0.6 is 0 Å². The largest absolute Gasteiger partial charge is 0.467 e. The minimum Gasteiger partial charge on any atom is -0.467 e. The molecule has 8 nitrogen and oxygen atoms in total. The van der Waals surface area contributed by atoms with Gasteiger partial charge in [-0.3, -0.25) is 14.4 Å². The molecule has 0 aromatic heterocycles. The summed E-state index contributed by atoms with van der Waals surface area (Å²) in [5.41, 5.74) is 0.103. The maximum absolute atomic E-state index is 12.7. The molecule has 2 N–H and O–H groups in total. The van der Waals surface area contributed by atoms with Gasteiger partial charge in [0.25, 0.3) is 0 Å². The fraction of sp³-hybridized carbons (Fsp3) is 0.500. The first-order valence-electron chi connectivity index (χ1n) is 8.93. The number of nitrogens with one attached hydrogen (secondary N) is 2. The number of esters is 2. The molecule has 28 heavy (non-hydrogen) atoms. The Morgan fingerprint density at radius 1 is 1.00 bits per heavy atom. The van der Waals surface area contributed by atoms with E-state index in [2.05, 4.69) is 15.4 Å². The lowest BCUT2D eigenvalue weighted by molar-refractivity contribution is -0.159. The van der Waals surface area contributed by atoms with Crippen LogP contribution in [0.4, 0.5) is 0 Å². The summed E-state index contributed by atoms with van der Waals surface area (Å²) in [6, 6.07) is 6.98. The van der Waals surface area contributed by atoms with Gasteiger partial charge in [0.1, 0.15) is 17.7 Å². The number of carbonyl (C=O) groups is 4. The molecule has 0 saturated heterocycles. The standard InChI is InChI=1S/C20H28N2O6/c1-13(23)21-15(11-14-9-7-6-8-10-14)18(25)22-16(19(26)27-5)12-17(24)28-20(2,3)4/h6-10,15-16H,11-12H2,1-5H3,(H,21,23)(H,22,25)/t15-,16+/m1/s1. The molecule has 0 fully saturated rings. The SMILES string of the molecule is COC(=O)[C@H](CC(=O)OC(C)(C)C)NC(=O)[C@@H](Cc1ccccc1)NC(C)=O. The number of carbonyl (C=O) groups excluding carboxylic acids is 4. The number of benzene rings is 1. The minimum atomic E-state index is -1.22. The number of amides is 2. The van der Waals surface area contributed by atoms with Crippen LogP contribution in [0.15, 0.2) is 30.3 Å². The quantitative estimate of drug-likeness (QED) is 0.642. The molecule has 2 amide bonds. The molecule has 0 aliphatic heterocycles. The van der Waals surface area contributed by atoms with E-state index in [1.165, 1.54) is 6.92 Å². The Kier molecular flexibility index (Phi) is 8.63. The summed E-state index contributed by atoms with van der Waals surface area (Å²) >= 11 is 0. The fourth-order valence-corrected chi connectivity index (χ4v) is 2.46. The third kappa shape index (κ3) is 8.66. The van der Waals surface area contributed by atoms with E-state index in [4.69, 9.17) is 4.74 Å². The third-order valence-electron chi connectivity index (χ3n) is 3.57. The smallest absolute Gasteiger partial charge is 0.328 e. The highest BCUT2D eigenvalue weighted by Crippen LogP contribution is 2.10. The molecule has 0 spiro atoms. The average molecular weight is 392 g/mol. The second-order valence-electron chi connectivity index (χ2n) is 7.32. The Morgan fingerprint density at radius 3 is 2.11 bits per heavy atom. The van der Waals surface area contributed by atoms with Crippen molar-refractivity contribution in [1.82, 2.24) is 10.6 Å². The van der Waals surface area contributed by atoms with Crippen molar-refractivity contribution >= 4 is 23.8 Å².